The van der Waals surface area contributed by atoms with E-state index in [1.165, 1.54) is 0 Å². The lowest BCUT2D eigenvalue weighted by Gasteiger charge is -2.12. The van der Waals surface area contributed by atoms with Crippen LogP contribution in [0.25, 0.3) is 5.65 Å². The van der Waals surface area contributed by atoms with Gasteiger partial charge in [0.15, 0.2) is 10.8 Å². The highest BCUT2D eigenvalue weighted by Crippen LogP contribution is 2.21. The molecule has 1 fully saturated rings. The first-order valence-electron chi connectivity index (χ1n) is 7.10. The van der Waals surface area contributed by atoms with Gasteiger partial charge in [-0.1, -0.05) is 25.4 Å². The molecular formula is C14H21ClN4O. The van der Waals surface area contributed by atoms with Gasteiger partial charge < -0.3 is 10.1 Å². The first-order valence-corrected chi connectivity index (χ1v) is 7.48. The number of hydrogen-bond donors (Lipinski definition) is 1. The van der Waals surface area contributed by atoms with E-state index in [9.17, 15) is 0 Å². The molecule has 1 saturated heterocycles. The van der Waals surface area contributed by atoms with Gasteiger partial charge in [0.1, 0.15) is 0 Å². The van der Waals surface area contributed by atoms with Crippen LogP contribution in [0.5, 0.6) is 0 Å². The zero-order valence-electron chi connectivity index (χ0n) is 12.2. The zero-order valence-corrected chi connectivity index (χ0v) is 12.9. The maximum atomic E-state index is 6.02. The van der Waals surface area contributed by atoms with Crippen LogP contribution < -0.4 is 5.32 Å². The molecule has 1 N–H and O–H groups in total. The van der Waals surface area contributed by atoms with Crippen LogP contribution in [0.2, 0.25) is 5.15 Å². The molecule has 6 heteroatoms. The second-order valence-electron chi connectivity index (χ2n) is 4.53. The highest BCUT2D eigenvalue weighted by atomic mass is 35.5. The average molecular weight is 297 g/mol. The van der Waals surface area contributed by atoms with Crippen molar-refractivity contribution in [1.82, 2.24) is 14.6 Å². The molecule has 20 heavy (non-hydrogen) atoms. The van der Waals surface area contributed by atoms with Gasteiger partial charge in [-0.2, -0.15) is 5.10 Å². The lowest BCUT2D eigenvalue weighted by atomic mass is 10.2. The van der Waals surface area contributed by atoms with Gasteiger partial charge in [0, 0.05) is 19.2 Å². The number of fused-ring (bicyclic) bond motifs is 1. The fraction of sp³-hybridized carbons (Fsp3) is 0.571. The number of nitrogens with zero attached hydrogens (tertiary/aromatic N) is 3. The van der Waals surface area contributed by atoms with Crippen molar-refractivity contribution >= 4 is 22.9 Å². The van der Waals surface area contributed by atoms with Gasteiger partial charge in [-0.25, -0.2) is 9.50 Å². The second kappa shape index (κ2) is 6.90. The normalized spacial score (nSPS) is 17.9. The van der Waals surface area contributed by atoms with Crippen LogP contribution in [0.4, 0.5) is 5.69 Å². The van der Waals surface area contributed by atoms with Crippen LogP contribution in [0.3, 0.4) is 0 Å². The minimum atomic E-state index is 0.285. The van der Waals surface area contributed by atoms with Crippen molar-refractivity contribution in [2.45, 2.75) is 39.7 Å². The van der Waals surface area contributed by atoms with Gasteiger partial charge in [0.2, 0.25) is 0 Å². The van der Waals surface area contributed by atoms with Crippen molar-refractivity contribution in [3.8, 4) is 0 Å². The molecule has 0 amide bonds. The highest BCUT2D eigenvalue weighted by molar-refractivity contribution is 6.29. The van der Waals surface area contributed by atoms with Crippen molar-refractivity contribution in [2.24, 2.45) is 0 Å². The third-order valence-electron chi connectivity index (χ3n) is 3.15. The van der Waals surface area contributed by atoms with Crippen LogP contribution in [0.1, 0.15) is 32.4 Å². The van der Waals surface area contributed by atoms with Crippen molar-refractivity contribution in [2.75, 3.05) is 18.5 Å². The van der Waals surface area contributed by atoms with E-state index in [1.54, 1.807) is 16.8 Å². The van der Waals surface area contributed by atoms with Crippen LogP contribution in [-0.2, 0) is 4.74 Å². The minimum absolute atomic E-state index is 0.285. The Hall–Kier alpha value is -1.33. The summed E-state index contributed by atoms with van der Waals surface area (Å²) in [5.41, 5.74) is 2.67. The Balaban J connectivity index is 0.000000704. The lowest BCUT2D eigenvalue weighted by molar-refractivity contribution is 0.120. The van der Waals surface area contributed by atoms with Crippen LogP contribution in [-0.4, -0.2) is 33.9 Å². The average Bonchev–Trinajstić information content (AvgIpc) is 3.09. The molecule has 0 radical (unpaired) electrons. The molecule has 110 valence electrons. The Kier molecular flexibility index (Phi) is 5.20. The van der Waals surface area contributed by atoms with E-state index in [2.05, 4.69) is 15.4 Å². The molecule has 3 heterocycles. The summed E-state index contributed by atoms with van der Waals surface area (Å²) in [4.78, 5) is 4.34. The van der Waals surface area contributed by atoms with E-state index in [0.29, 0.717) is 5.15 Å². The zero-order chi connectivity index (χ0) is 14.5. The Morgan fingerprint density at radius 1 is 1.50 bits per heavy atom. The molecule has 0 spiro atoms. The smallest absolute Gasteiger partial charge is 0.177 e. The molecule has 0 unspecified atom stereocenters. The molecular weight excluding hydrogens is 276 g/mol. The molecule has 0 aromatic carbocycles. The van der Waals surface area contributed by atoms with Crippen molar-refractivity contribution in [3.63, 3.8) is 0 Å². The predicted molar refractivity (Wildman–Crippen MR) is 81.5 cm³/mol. The molecule has 2 aromatic rings. The summed E-state index contributed by atoms with van der Waals surface area (Å²) in [6.07, 6.45) is 4.32. The lowest BCUT2D eigenvalue weighted by Crippen LogP contribution is -2.19. The van der Waals surface area contributed by atoms with Gasteiger partial charge >= 0.3 is 0 Å². The van der Waals surface area contributed by atoms with Gasteiger partial charge in [0.05, 0.1) is 23.7 Å². The monoisotopic (exact) mass is 296 g/mol. The molecule has 0 aliphatic carbocycles. The second-order valence-corrected chi connectivity index (χ2v) is 4.92. The van der Waals surface area contributed by atoms with Gasteiger partial charge in [-0.05, 0) is 19.8 Å². The number of rotatable bonds is 3. The van der Waals surface area contributed by atoms with Gasteiger partial charge in [-0.3, -0.25) is 0 Å². The maximum absolute atomic E-state index is 6.02. The highest BCUT2D eigenvalue weighted by Gasteiger charge is 2.16. The fourth-order valence-electron chi connectivity index (χ4n) is 2.21. The largest absolute Gasteiger partial charge is 0.379 e. The van der Waals surface area contributed by atoms with E-state index in [0.717, 1.165) is 43.0 Å². The van der Waals surface area contributed by atoms with E-state index >= 15 is 0 Å². The predicted octanol–water partition coefficient (Wildman–Crippen LogP) is 3.31. The number of aryl methyl sites for hydroxylation is 1. The molecule has 0 saturated carbocycles. The molecule has 1 aliphatic heterocycles. The summed E-state index contributed by atoms with van der Waals surface area (Å²) >= 11 is 6.02. The summed E-state index contributed by atoms with van der Waals surface area (Å²) in [6, 6.07) is 1.80. The Labute approximate surface area is 124 Å². The topological polar surface area (TPSA) is 51.5 Å². The maximum Gasteiger partial charge on any atom is 0.177 e. The van der Waals surface area contributed by atoms with Crippen LogP contribution >= 0.6 is 11.6 Å². The Morgan fingerprint density at radius 3 is 3.00 bits per heavy atom. The molecule has 1 aliphatic rings. The summed E-state index contributed by atoms with van der Waals surface area (Å²) in [5, 5.41) is 8.03. The standard InChI is InChI=1S/C12H15ClN4O.C2H6/c1-8-6-15-12-10(5-11(13)16-17(8)12)14-7-9-3-2-4-18-9;1-2/h5-6,9,14H,2-4,7H2,1H3;1-2H3/t9-;/m0./s1. The number of hydrogen-bond acceptors (Lipinski definition) is 4. The Morgan fingerprint density at radius 2 is 2.30 bits per heavy atom. The first kappa shape index (κ1) is 15.1. The fourth-order valence-corrected chi connectivity index (χ4v) is 2.39. The summed E-state index contributed by atoms with van der Waals surface area (Å²) < 4.78 is 7.33. The van der Waals surface area contributed by atoms with Crippen LogP contribution in [0, 0.1) is 6.92 Å². The van der Waals surface area contributed by atoms with Gasteiger partial charge in [-0.15, -0.1) is 0 Å². The number of aromatic nitrogens is 3. The summed E-state index contributed by atoms with van der Waals surface area (Å²) in [6.45, 7) is 7.59. The third-order valence-corrected chi connectivity index (χ3v) is 3.34. The Bertz CT molecular complexity index is 564. The van der Waals surface area contributed by atoms with E-state index < -0.39 is 0 Å². The molecule has 5 nitrogen and oxygen atoms in total. The summed E-state index contributed by atoms with van der Waals surface area (Å²) in [7, 11) is 0. The van der Waals surface area contributed by atoms with E-state index in [1.807, 2.05) is 20.8 Å². The number of imidazole rings is 1. The van der Waals surface area contributed by atoms with Crippen molar-refractivity contribution in [1.29, 1.82) is 0 Å². The van der Waals surface area contributed by atoms with Crippen LogP contribution in [0.15, 0.2) is 12.3 Å². The van der Waals surface area contributed by atoms with E-state index in [4.69, 9.17) is 16.3 Å². The van der Waals surface area contributed by atoms with Gasteiger partial charge in [0.25, 0.3) is 0 Å². The summed E-state index contributed by atoms with van der Waals surface area (Å²) in [5.74, 6) is 0. The minimum Gasteiger partial charge on any atom is -0.379 e. The van der Waals surface area contributed by atoms with Crippen molar-refractivity contribution < 1.29 is 4.74 Å². The molecule has 1 atom stereocenters. The van der Waals surface area contributed by atoms with E-state index in [-0.39, 0.29) is 6.10 Å². The number of nitrogens with one attached hydrogen (secondary N) is 1. The quantitative estimate of drug-likeness (QED) is 0.944. The van der Waals surface area contributed by atoms with Crippen molar-refractivity contribution in [3.05, 3.63) is 23.1 Å². The third kappa shape index (κ3) is 3.22. The first-order chi connectivity index (χ1) is 9.74. The number of halogens is 1. The molecule has 2 aromatic heterocycles. The molecule has 0 bridgehead atoms. The number of ether oxygens (including phenoxy) is 1. The molecule has 3 rings (SSSR count). The number of anilines is 1. The SMILES string of the molecule is CC.Cc1cnc2c(NC[C@@H]3CCCO3)cc(Cl)nn12.